The SMILES string of the molecule is C[C@@H](C(=O)NC(=O)NC12CC3CC(CC(C3)C1)C2)N1CCC[C@@H]1c1cccs1. The smallest absolute Gasteiger partial charge is 0.321 e. The summed E-state index contributed by atoms with van der Waals surface area (Å²) in [5.74, 6) is 2.15. The number of imide groups is 1. The first kappa shape index (κ1) is 18.6. The molecular formula is C22H31N3O2S. The number of nitrogens with zero attached hydrogens (tertiary/aromatic N) is 1. The van der Waals surface area contributed by atoms with Gasteiger partial charge in [-0.15, -0.1) is 11.3 Å². The van der Waals surface area contributed by atoms with Crippen molar-refractivity contribution in [3.8, 4) is 0 Å². The summed E-state index contributed by atoms with van der Waals surface area (Å²) in [6.45, 7) is 2.84. The number of hydrogen-bond donors (Lipinski definition) is 2. The third-order valence-corrected chi connectivity index (χ3v) is 8.67. The molecule has 5 fully saturated rings. The van der Waals surface area contributed by atoms with E-state index in [2.05, 4.69) is 33.0 Å². The quantitative estimate of drug-likeness (QED) is 0.799. The Hall–Kier alpha value is -1.40. The summed E-state index contributed by atoms with van der Waals surface area (Å²) >= 11 is 1.75. The van der Waals surface area contributed by atoms with Crippen molar-refractivity contribution in [1.29, 1.82) is 0 Å². The van der Waals surface area contributed by atoms with Crippen LogP contribution in [0, 0.1) is 17.8 Å². The van der Waals surface area contributed by atoms with Crippen LogP contribution in [0.1, 0.15) is 69.2 Å². The first-order valence-electron chi connectivity index (χ1n) is 10.9. The monoisotopic (exact) mass is 401 g/mol. The molecule has 0 unspecified atom stereocenters. The van der Waals surface area contributed by atoms with Crippen molar-refractivity contribution in [3.05, 3.63) is 22.4 Å². The fourth-order valence-electron chi connectivity index (χ4n) is 6.94. The molecule has 5 aliphatic rings. The van der Waals surface area contributed by atoms with Crippen molar-refractivity contribution in [3.63, 3.8) is 0 Å². The summed E-state index contributed by atoms with van der Waals surface area (Å²) in [4.78, 5) is 29.1. The van der Waals surface area contributed by atoms with Gasteiger partial charge < -0.3 is 5.32 Å². The standard InChI is InChI=1S/C22H31N3O2S/c1-14(25-6-2-4-18(25)19-5-3-7-28-19)20(26)23-21(27)24-22-11-15-8-16(12-22)10-17(9-15)13-22/h3,5,7,14-18H,2,4,6,8-13H2,1H3,(H2,23,24,26,27)/t14-,15?,16?,17?,18+,22?/m0/s1. The van der Waals surface area contributed by atoms with E-state index in [0.29, 0.717) is 6.04 Å². The summed E-state index contributed by atoms with van der Waals surface area (Å²) in [5, 5.41) is 8.02. The molecular weight excluding hydrogens is 370 g/mol. The summed E-state index contributed by atoms with van der Waals surface area (Å²) < 4.78 is 0. The van der Waals surface area contributed by atoms with E-state index in [0.717, 1.165) is 56.4 Å². The highest BCUT2D eigenvalue weighted by Gasteiger charge is 2.51. The van der Waals surface area contributed by atoms with Crippen LogP contribution in [0.15, 0.2) is 17.5 Å². The van der Waals surface area contributed by atoms with Gasteiger partial charge in [-0.3, -0.25) is 15.0 Å². The third kappa shape index (κ3) is 3.39. The van der Waals surface area contributed by atoms with Gasteiger partial charge in [0.25, 0.3) is 0 Å². The Balaban J connectivity index is 1.20. The zero-order chi connectivity index (χ0) is 19.3. The van der Waals surface area contributed by atoms with Crippen molar-refractivity contribution in [2.45, 2.75) is 75.9 Å². The molecule has 2 atom stereocenters. The number of urea groups is 1. The molecule has 4 aliphatic carbocycles. The van der Waals surface area contributed by atoms with Crippen molar-refractivity contribution in [2.75, 3.05) is 6.54 Å². The number of amides is 3. The van der Waals surface area contributed by atoms with Gasteiger partial charge in [-0.05, 0) is 94.0 Å². The van der Waals surface area contributed by atoms with Gasteiger partial charge in [-0.2, -0.15) is 0 Å². The molecule has 1 saturated heterocycles. The number of nitrogens with one attached hydrogen (secondary N) is 2. The second kappa shape index (κ2) is 7.13. The highest BCUT2D eigenvalue weighted by molar-refractivity contribution is 7.10. The Bertz CT molecular complexity index is 712. The highest BCUT2D eigenvalue weighted by Crippen LogP contribution is 2.55. The van der Waals surface area contributed by atoms with Crippen LogP contribution in [0.4, 0.5) is 4.79 Å². The van der Waals surface area contributed by atoms with Gasteiger partial charge in [0.05, 0.1) is 6.04 Å². The predicted octanol–water partition coefficient (Wildman–Crippen LogP) is 4.07. The third-order valence-electron chi connectivity index (χ3n) is 7.70. The molecule has 4 bridgehead atoms. The van der Waals surface area contributed by atoms with E-state index >= 15 is 0 Å². The Morgan fingerprint density at radius 2 is 1.86 bits per heavy atom. The van der Waals surface area contributed by atoms with Crippen LogP contribution >= 0.6 is 11.3 Å². The second-order valence-electron chi connectivity index (χ2n) is 9.73. The molecule has 2 N–H and O–H groups in total. The zero-order valence-corrected chi connectivity index (χ0v) is 17.5. The van der Waals surface area contributed by atoms with E-state index in [-0.39, 0.29) is 23.5 Å². The number of carbonyl (C=O) groups excluding carboxylic acids is 2. The Labute approximate surface area is 171 Å². The van der Waals surface area contributed by atoms with Crippen LogP contribution in [0.25, 0.3) is 0 Å². The van der Waals surface area contributed by atoms with E-state index in [1.807, 2.05) is 6.92 Å². The van der Waals surface area contributed by atoms with Gasteiger partial charge in [-0.1, -0.05) is 6.07 Å². The number of carbonyl (C=O) groups is 2. The molecule has 1 aliphatic heterocycles. The number of rotatable bonds is 4. The minimum absolute atomic E-state index is 0.0600. The maximum Gasteiger partial charge on any atom is 0.321 e. The number of hydrogen-bond acceptors (Lipinski definition) is 4. The fourth-order valence-corrected chi connectivity index (χ4v) is 7.82. The largest absolute Gasteiger partial charge is 0.332 e. The van der Waals surface area contributed by atoms with Crippen molar-refractivity contribution < 1.29 is 9.59 Å². The molecule has 6 rings (SSSR count). The molecule has 0 aromatic carbocycles. The molecule has 4 saturated carbocycles. The Kier molecular flexibility index (Phi) is 4.74. The van der Waals surface area contributed by atoms with Crippen LogP contribution in [-0.4, -0.2) is 35.0 Å². The highest BCUT2D eigenvalue weighted by atomic mass is 32.1. The molecule has 28 heavy (non-hydrogen) atoms. The van der Waals surface area contributed by atoms with Crippen LogP contribution in [0.2, 0.25) is 0 Å². The van der Waals surface area contributed by atoms with Crippen molar-refractivity contribution in [2.24, 2.45) is 17.8 Å². The van der Waals surface area contributed by atoms with Crippen LogP contribution in [-0.2, 0) is 4.79 Å². The van der Waals surface area contributed by atoms with Gasteiger partial charge in [0.2, 0.25) is 5.91 Å². The number of thiophene rings is 1. The predicted molar refractivity (Wildman–Crippen MR) is 110 cm³/mol. The lowest BCUT2D eigenvalue weighted by Gasteiger charge is -2.56. The van der Waals surface area contributed by atoms with Gasteiger partial charge >= 0.3 is 6.03 Å². The lowest BCUT2D eigenvalue weighted by molar-refractivity contribution is -0.125. The zero-order valence-electron chi connectivity index (χ0n) is 16.7. The van der Waals surface area contributed by atoms with E-state index in [1.54, 1.807) is 11.3 Å². The number of likely N-dealkylation sites (tertiary alicyclic amines) is 1. The average molecular weight is 402 g/mol. The maximum atomic E-state index is 12.8. The minimum atomic E-state index is -0.295. The van der Waals surface area contributed by atoms with Crippen molar-refractivity contribution in [1.82, 2.24) is 15.5 Å². The summed E-state index contributed by atoms with van der Waals surface area (Å²) in [5.41, 5.74) is -0.0600. The maximum absolute atomic E-state index is 12.8. The molecule has 1 aromatic heterocycles. The minimum Gasteiger partial charge on any atom is -0.332 e. The normalized spacial score (nSPS) is 37.8. The molecule has 2 heterocycles. The summed E-state index contributed by atoms with van der Waals surface area (Å²) in [6, 6.07) is 3.94. The molecule has 6 heteroatoms. The van der Waals surface area contributed by atoms with E-state index < -0.39 is 0 Å². The average Bonchev–Trinajstić information content (AvgIpc) is 3.30. The fraction of sp³-hybridized carbons (Fsp3) is 0.727. The molecule has 3 amide bonds. The van der Waals surface area contributed by atoms with Gasteiger partial charge in [0, 0.05) is 16.5 Å². The molecule has 152 valence electrons. The van der Waals surface area contributed by atoms with Crippen LogP contribution in [0.3, 0.4) is 0 Å². The van der Waals surface area contributed by atoms with Gasteiger partial charge in [0.1, 0.15) is 0 Å². The lowest BCUT2D eigenvalue weighted by Crippen LogP contribution is -2.62. The molecule has 0 radical (unpaired) electrons. The summed E-state index contributed by atoms with van der Waals surface area (Å²) in [6.07, 6.45) is 9.51. The lowest BCUT2D eigenvalue weighted by atomic mass is 9.53. The van der Waals surface area contributed by atoms with E-state index in [9.17, 15) is 9.59 Å². The second-order valence-corrected chi connectivity index (χ2v) is 10.7. The Morgan fingerprint density at radius 1 is 1.18 bits per heavy atom. The van der Waals surface area contributed by atoms with E-state index in [1.165, 1.54) is 24.1 Å². The Morgan fingerprint density at radius 3 is 2.46 bits per heavy atom. The molecule has 5 nitrogen and oxygen atoms in total. The van der Waals surface area contributed by atoms with Crippen LogP contribution in [0.5, 0.6) is 0 Å². The van der Waals surface area contributed by atoms with Crippen molar-refractivity contribution >= 4 is 23.3 Å². The van der Waals surface area contributed by atoms with Crippen LogP contribution < -0.4 is 10.6 Å². The molecule has 1 aromatic rings. The first-order valence-corrected chi connectivity index (χ1v) is 11.8. The molecule has 0 spiro atoms. The topological polar surface area (TPSA) is 61.4 Å². The van der Waals surface area contributed by atoms with Gasteiger partial charge in [-0.25, -0.2) is 4.79 Å². The first-order chi connectivity index (χ1) is 13.5. The summed E-state index contributed by atoms with van der Waals surface area (Å²) in [7, 11) is 0. The van der Waals surface area contributed by atoms with E-state index in [4.69, 9.17) is 0 Å². The van der Waals surface area contributed by atoms with Gasteiger partial charge in [0.15, 0.2) is 0 Å².